The molecule has 0 saturated carbocycles. The maximum Gasteiger partial charge on any atom is 0.140 e. The Kier molecular flexibility index (Phi) is 6.38. The molecule has 0 aromatic carbocycles. The fourth-order valence-corrected chi connectivity index (χ4v) is 1.41. The first kappa shape index (κ1) is 14.6. The molecule has 3 heteroatoms. The quantitative estimate of drug-likeness (QED) is 0.679. The van der Waals surface area contributed by atoms with Crippen LogP contribution in [0.25, 0.3) is 5.65 Å². The fourth-order valence-electron chi connectivity index (χ4n) is 1.41. The second-order valence-electron chi connectivity index (χ2n) is 3.06. The molecule has 2 aromatic rings. The van der Waals surface area contributed by atoms with Gasteiger partial charge in [0.2, 0.25) is 0 Å². The van der Waals surface area contributed by atoms with Crippen molar-refractivity contribution in [3.63, 3.8) is 0 Å². The van der Waals surface area contributed by atoms with Crippen LogP contribution in [-0.2, 0) is 0 Å². The van der Waals surface area contributed by atoms with Crippen molar-refractivity contribution in [1.29, 1.82) is 0 Å². The Morgan fingerprint density at radius 1 is 0.875 bits per heavy atom. The summed E-state index contributed by atoms with van der Waals surface area (Å²) < 4.78 is 2.00. The highest BCUT2D eigenvalue weighted by molar-refractivity contribution is 5.41. The maximum atomic E-state index is 4.36. The van der Waals surface area contributed by atoms with Gasteiger partial charge < -0.3 is 0 Å². The van der Waals surface area contributed by atoms with Crippen LogP contribution < -0.4 is 0 Å². The molecule has 0 aliphatic rings. The van der Waals surface area contributed by atoms with Crippen LogP contribution in [0.5, 0.6) is 0 Å². The summed E-state index contributed by atoms with van der Waals surface area (Å²) in [5.41, 5.74) is 3.04. The van der Waals surface area contributed by atoms with Gasteiger partial charge in [-0.1, -0.05) is 27.7 Å². The Labute approximate surface area is 98.6 Å². The van der Waals surface area contributed by atoms with E-state index in [9.17, 15) is 0 Å². The standard InChI is InChI=1S/C9H11N3.2C2H6/c1-6-4-9-11-7(2)5-12(9)8(3)10-6;2*1-2/h4-5H,1-3H3;2*1-2H3. The molecular formula is C13H23N3. The zero-order chi connectivity index (χ0) is 12.7. The summed E-state index contributed by atoms with van der Waals surface area (Å²) in [5, 5.41) is 0. The second-order valence-corrected chi connectivity index (χ2v) is 3.06. The number of nitrogens with zero attached hydrogens (tertiary/aromatic N) is 3. The fraction of sp³-hybridized carbons (Fsp3) is 0.538. The summed E-state index contributed by atoms with van der Waals surface area (Å²) in [5.74, 6) is 0.991. The van der Waals surface area contributed by atoms with Crippen LogP contribution in [0.1, 0.15) is 44.9 Å². The lowest BCUT2D eigenvalue weighted by molar-refractivity contribution is 0.960. The predicted molar refractivity (Wildman–Crippen MR) is 69.9 cm³/mol. The van der Waals surface area contributed by atoms with E-state index in [1.54, 1.807) is 0 Å². The minimum atomic E-state index is 0.984. The van der Waals surface area contributed by atoms with Gasteiger partial charge in [0.15, 0.2) is 0 Å². The van der Waals surface area contributed by atoms with Crippen molar-refractivity contribution in [3.8, 4) is 0 Å². The molecule has 2 heterocycles. The first-order chi connectivity index (χ1) is 7.66. The highest BCUT2D eigenvalue weighted by Gasteiger charge is 2.01. The highest BCUT2D eigenvalue weighted by atomic mass is 15.1. The molecule has 90 valence electrons. The average molecular weight is 221 g/mol. The largest absolute Gasteiger partial charge is 0.288 e. The lowest BCUT2D eigenvalue weighted by Gasteiger charge is -1.98. The maximum absolute atomic E-state index is 4.36. The van der Waals surface area contributed by atoms with Crippen LogP contribution in [0, 0.1) is 20.8 Å². The molecule has 3 nitrogen and oxygen atoms in total. The molecule has 0 aliphatic carbocycles. The minimum absolute atomic E-state index is 0.984. The molecule has 0 bridgehead atoms. The Morgan fingerprint density at radius 3 is 2.00 bits per heavy atom. The Bertz CT molecular complexity index is 430. The SMILES string of the molecule is CC.CC.Cc1cc2nc(C)cn2c(C)n1. The number of fused-ring (bicyclic) bond motifs is 1. The Balaban J connectivity index is 0.000000509. The number of hydrogen-bond acceptors (Lipinski definition) is 2. The predicted octanol–water partition coefficient (Wildman–Crippen LogP) is 3.71. The molecule has 0 saturated heterocycles. The van der Waals surface area contributed by atoms with Crippen LogP contribution >= 0.6 is 0 Å². The van der Waals surface area contributed by atoms with Crippen molar-refractivity contribution in [2.45, 2.75) is 48.5 Å². The van der Waals surface area contributed by atoms with Gasteiger partial charge in [-0.3, -0.25) is 4.40 Å². The van der Waals surface area contributed by atoms with Crippen LogP contribution in [0.4, 0.5) is 0 Å². The lowest BCUT2D eigenvalue weighted by atomic mass is 10.4. The van der Waals surface area contributed by atoms with E-state index in [1.807, 2.05) is 65.1 Å². The molecule has 0 N–H and O–H groups in total. The molecule has 0 amide bonds. The summed E-state index contributed by atoms with van der Waals surface area (Å²) in [6.45, 7) is 14.0. The third-order valence-corrected chi connectivity index (χ3v) is 1.88. The Hall–Kier alpha value is -1.38. The first-order valence-electron chi connectivity index (χ1n) is 5.97. The van der Waals surface area contributed by atoms with Crippen molar-refractivity contribution in [2.75, 3.05) is 0 Å². The third-order valence-electron chi connectivity index (χ3n) is 1.88. The van der Waals surface area contributed by atoms with Gasteiger partial charge in [-0.05, 0) is 20.8 Å². The van der Waals surface area contributed by atoms with Crippen molar-refractivity contribution in [2.24, 2.45) is 0 Å². The van der Waals surface area contributed by atoms with E-state index in [0.717, 1.165) is 22.9 Å². The van der Waals surface area contributed by atoms with Crippen molar-refractivity contribution in [3.05, 3.63) is 29.5 Å². The van der Waals surface area contributed by atoms with Crippen LogP contribution in [0.3, 0.4) is 0 Å². The van der Waals surface area contributed by atoms with Gasteiger partial charge in [-0.25, -0.2) is 9.97 Å². The minimum Gasteiger partial charge on any atom is -0.288 e. The van der Waals surface area contributed by atoms with E-state index in [2.05, 4.69) is 9.97 Å². The number of hydrogen-bond donors (Lipinski definition) is 0. The van der Waals surface area contributed by atoms with Gasteiger partial charge in [-0.2, -0.15) is 0 Å². The number of aromatic nitrogens is 3. The monoisotopic (exact) mass is 221 g/mol. The van der Waals surface area contributed by atoms with Crippen molar-refractivity contribution in [1.82, 2.24) is 14.4 Å². The molecule has 0 fully saturated rings. The van der Waals surface area contributed by atoms with E-state index >= 15 is 0 Å². The van der Waals surface area contributed by atoms with Crippen LogP contribution in [-0.4, -0.2) is 14.4 Å². The molecule has 0 radical (unpaired) electrons. The summed E-state index contributed by atoms with van der Waals surface area (Å²) >= 11 is 0. The van der Waals surface area contributed by atoms with Gasteiger partial charge in [0.25, 0.3) is 0 Å². The summed E-state index contributed by atoms with van der Waals surface area (Å²) in [4.78, 5) is 8.70. The van der Waals surface area contributed by atoms with Gasteiger partial charge in [-0.15, -0.1) is 0 Å². The summed E-state index contributed by atoms with van der Waals surface area (Å²) in [7, 11) is 0. The second kappa shape index (κ2) is 6.99. The molecule has 2 aromatic heterocycles. The smallest absolute Gasteiger partial charge is 0.140 e. The van der Waals surface area contributed by atoms with E-state index in [4.69, 9.17) is 0 Å². The van der Waals surface area contributed by atoms with Gasteiger partial charge in [0, 0.05) is 18.0 Å². The van der Waals surface area contributed by atoms with Gasteiger partial charge in [0.1, 0.15) is 11.5 Å². The molecular weight excluding hydrogens is 198 g/mol. The number of aryl methyl sites for hydroxylation is 3. The third kappa shape index (κ3) is 3.33. The van der Waals surface area contributed by atoms with E-state index in [1.165, 1.54) is 0 Å². The molecule has 0 spiro atoms. The van der Waals surface area contributed by atoms with E-state index in [-0.39, 0.29) is 0 Å². The molecule has 16 heavy (non-hydrogen) atoms. The number of imidazole rings is 1. The summed E-state index contributed by atoms with van der Waals surface area (Å²) in [6, 6.07) is 1.99. The van der Waals surface area contributed by atoms with E-state index < -0.39 is 0 Å². The zero-order valence-corrected chi connectivity index (χ0v) is 11.5. The average Bonchev–Trinajstić information content (AvgIpc) is 2.65. The normalized spacial score (nSPS) is 8.94. The van der Waals surface area contributed by atoms with Crippen LogP contribution in [0.2, 0.25) is 0 Å². The summed E-state index contributed by atoms with van der Waals surface area (Å²) in [6.07, 6.45) is 2.00. The van der Waals surface area contributed by atoms with E-state index in [0.29, 0.717) is 0 Å². The molecule has 2 rings (SSSR count). The highest BCUT2D eigenvalue weighted by Crippen LogP contribution is 2.07. The van der Waals surface area contributed by atoms with Gasteiger partial charge in [0.05, 0.1) is 5.69 Å². The topological polar surface area (TPSA) is 30.2 Å². The van der Waals surface area contributed by atoms with Crippen molar-refractivity contribution < 1.29 is 0 Å². The Morgan fingerprint density at radius 2 is 1.44 bits per heavy atom. The molecule has 0 unspecified atom stereocenters. The molecule has 0 atom stereocenters. The van der Waals surface area contributed by atoms with Crippen molar-refractivity contribution >= 4 is 5.65 Å². The number of rotatable bonds is 0. The van der Waals surface area contributed by atoms with Gasteiger partial charge >= 0.3 is 0 Å². The molecule has 0 aliphatic heterocycles. The zero-order valence-electron chi connectivity index (χ0n) is 11.5. The first-order valence-corrected chi connectivity index (χ1v) is 5.97. The van der Waals surface area contributed by atoms with Crippen LogP contribution in [0.15, 0.2) is 12.3 Å². The lowest BCUT2D eigenvalue weighted by Crippen LogP contribution is -1.95.